The average Bonchev–Trinajstić information content (AvgIpc) is 2.25. The summed E-state index contributed by atoms with van der Waals surface area (Å²) < 4.78 is 27.0. The summed E-state index contributed by atoms with van der Waals surface area (Å²) in [6, 6.07) is 2.42. The molecular weight excluding hydrogens is 299 g/mol. The molecule has 1 aromatic heterocycles. The zero-order valence-electron chi connectivity index (χ0n) is 8.32. The Labute approximate surface area is 105 Å². The zero-order valence-corrected chi connectivity index (χ0v) is 10.7. The number of hydrogen-bond donors (Lipinski definition) is 0. The number of rotatable bonds is 1. The Morgan fingerprint density at radius 3 is 2.62 bits per heavy atom. The Balaban J connectivity index is 2.94. The van der Waals surface area contributed by atoms with Crippen molar-refractivity contribution in [2.45, 2.75) is 13.3 Å². The Morgan fingerprint density at radius 1 is 1.31 bits per heavy atom. The molecule has 0 aliphatic rings. The lowest BCUT2D eigenvalue weighted by Gasteiger charge is -2.07. The molecule has 0 atom stereocenters. The van der Waals surface area contributed by atoms with Crippen molar-refractivity contribution in [3.8, 4) is 0 Å². The molecule has 0 spiro atoms. The number of benzene rings is 1. The second-order valence-electron chi connectivity index (χ2n) is 3.33. The van der Waals surface area contributed by atoms with Crippen LogP contribution in [0.25, 0.3) is 10.9 Å². The van der Waals surface area contributed by atoms with Gasteiger partial charge in [0.1, 0.15) is 11.3 Å². The van der Waals surface area contributed by atoms with Crippen LogP contribution in [-0.4, -0.2) is 4.98 Å². The fourth-order valence-electron chi connectivity index (χ4n) is 1.49. The van der Waals surface area contributed by atoms with Crippen LogP contribution in [0.15, 0.2) is 16.6 Å². The number of aryl methyl sites for hydroxylation is 1. The molecule has 1 aromatic carbocycles. The van der Waals surface area contributed by atoms with E-state index in [0.717, 1.165) is 6.07 Å². The van der Waals surface area contributed by atoms with Gasteiger partial charge < -0.3 is 0 Å². The summed E-state index contributed by atoms with van der Waals surface area (Å²) in [7, 11) is 0. The highest BCUT2D eigenvalue weighted by molar-refractivity contribution is 9.10. The number of fused-ring (bicyclic) bond motifs is 1. The third-order valence-corrected chi connectivity index (χ3v) is 3.37. The molecule has 1 heterocycles. The van der Waals surface area contributed by atoms with Crippen molar-refractivity contribution in [3.05, 3.63) is 39.0 Å². The molecule has 16 heavy (non-hydrogen) atoms. The van der Waals surface area contributed by atoms with Gasteiger partial charge in [0.15, 0.2) is 5.82 Å². The normalized spacial score (nSPS) is 11.1. The summed E-state index contributed by atoms with van der Waals surface area (Å²) >= 11 is 9.03. The number of pyridine rings is 1. The maximum atomic E-state index is 13.5. The monoisotopic (exact) mass is 305 g/mol. The number of aromatic nitrogens is 1. The minimum Gasteiger partial charge on any atom is -0.250 e. The SMILES string of the molecule is CCc1cc(Cl)c2c(Br)c(F)cc(F)c2n1. The van der Waals surface area contributed by atoms with Crippen LogP contribution in [0.5, 0.6) is 0 Å². The van der Waals surface area contributed by atoms with Crippen molar-refractivity contribution in [2.24, 2.45) is 0 Å². The highest BCUT2D eigenvalue weighted by Gasteiger charge is 2.15. The van der Waals surface area contributed by atoms with Crippen LogP contribution in [0.4, 0.5) is 8.78 Å². The summed E-state index contributed by atoms with van der Waals surface area (Å²) in [6.07, 6.45) is 0.643. The van der Waals surface area contributed by atoms with Crippen molar-refractivity contribution >= 4 is 38.4 Å². The second-order valence-corrected chi connectivity index (χ2v) is 4.53. The molecule has 0 bridgehead atoms. The van der Waals surface area contributed by atoms with Crippen LogP contribution in [0.2, 0.25) is 5.02 Å². The third kappa shape index (κ3) is 1.80. The van der Waals surface area contributed by atoms with Gasteiger partial charge in [0, 0.05) is 17.1 Å². The summed E-state index contributed by atoms with van der Waals surface area (Å²) in [5.41, 5.74) is 0.771. The molecule has 2 rings (SSSR count). The molecule has 0 N–H and O–H groups in total. The van der Waals surface area contributed by atoms with Gasteiger partial charge in [0.25, 0.3) is 0 Å². The lowest BCUT2D eigenvalue weighted by Crippen LogP contribution is -1.94. The molecule has 0 unspecified atom stereocenters. The topological polar surface area (TPSA) is 12.9 Å². The van der Waals surface area contributed by atoms with E-state index < -0.39 is 11.6 Å². The fraction of sp³-hybridized carbons (Fsp3) is 0.182. The number of halogens is 4. The molecule has 0 fully saturated rings. The summed E-state index contributed by atoms with van der Waals surface area (Å²) in [4.78, 5) is 4.10. The van der Waals surface area contributed by atoms with Crippen LogP contribution in [0.1, 0.15) is 12.6 Å². The molecule has 84 valence electrons. The highest BCUT2D eigenvalue weighted by atomic mass is 79.9. The Kier molecular flexibility index (Phi) is 3.13. The maximum absolute atomic E-state index is 13.5. The average molecular weight is 307 g/mol. The van der Waals surface area contributed by atoms with E-state index in [1.54, 1.807) is 6.07 Å². The van der Waals surface area contributed by atoms with Crippen LogP contribution >= 0.6 is 27.5 Å². The van der Waals surface area contributed by atoms with E-state index in [-0.39, 0.29) is 15.4 Å². The Hall–Kier alpha value is -0.740. The molecule has 0 aliphatic heterocycles. The van der Waals surface area contributed by atoms with E-state index in [1.165, 1.54) is 0 Å². The van der Waals surface area contributed by atoms with Gasteiger partial charge in [-0.1, -0.05) is 18.5 Å². The number of nitrogens with zero attached hydrogens (tertiary/aromatic N) is 1. The van der Waals surface area contributed by atoms with E-state index in [0.29, 0.717) is 17.1 Å². The molecule has 0 saturated carbocycles. The first-order valence-electron chi connectivity index (χ1n) is 4.67. The van der Waals surface area contributed by atoms with Crippen molar-refractivity contribution in [2.75, 3.05) is 0 Å². The van der Waals surface area contributed by atoms with Crippen LogP contribution in [0.3, 0.4) is 0 Å². The minimum absolute atomic E-state index is 0.0950. The molecular formula is C11H7BrClF2N. The summed E-state index contributed by atoms with van der Waals surface area (Å²) in [5, 5.41) is 0.573. The van der Waals surface area contributed by atoms with Gasteiger partial charge in [-0.3, -0.25) is 0 Å². The first-order valence-corrected chi connectivity index (χ1v) is 5.84. The molecule has 1 nitrogen and oxygen atoms in total. The van der Waals surface area contributed by atoms with Gasteiger partial charge in [0.2, 0.25) is 0 Å². The predicted octanol–water partition coefficient (Wildman–Crippen LogP) is 4.49. The van der Waals surface area contributed by atoms with Crippen molar-refractivity contribution in [1.29, 1.82) is 0 Å². The fourth-order valence-corrected chi connectivity index (χ4v) is 2.43. The van der Waals surface area contributed by atoms with Gasteiger partial charge in [-0.05, 0) is 28.4 Å². The first kappa shape index (κ1) is 11.7. The largest absolute Gasteiger partial charge is 0.250 e. The quantitative estimate of drug-likeness (QED) is 0.707. The second kappa shape index (κ2) is 4.26. The molecule has 0 radical (unpaired) electrons. The maximum Gasteiger partial charge on any atom is 0.152 e. The summed E-state index contributed by atoms with van der Waals surface area (Å²) in [5.74, 6) is -1.38. The third-order valence-electron chi connectivity index (χ3n) is 2.30. The van der Waals surface area contributed by atoms with Crippen molar-refractivity contribution in [1.82, 2.24) is 4.98 Å². The van der Waals surface area contributed by atoms with Crippen LogP contribution < -0.4 is 0 Å². The van der Waals surface area contributed by atoms with Crippen LogP contribution in [-0.2, 0) is 6.42 Å². The minimum atomic E-state index is -0.701. The first-order chi connectivity index (χ1) is 7.54. The standard InChI is InChI=1S/C11H7BrClF2N/c1-2-5-3-6(13)9-10(12)7(14)4-8(15)11(9)16-5/h3-4H,2H2,1H3. The van der Waals surface area contributed by atoms with Gasteiger partial charge in [0.05, 0.1) is 9.50 Å². The van der Waals surface area contributed by atoms with E-state index >= 15 is 0 Å². The molecule has 2 aromatic rings. The van der Waals surface area contributed by atoms with Crippen molar-refractivity contribution < 1.29 is 8.78 Å². The Bertz CT molecular complexity index is 572. The van der Waals surface area contributed by atoms with Gasteiger partial charge >= 0.3 is 0 Å². The van der Waals surface area contributed by atoms with Gasteiger partial charge in [-0.15, -0.1) is 0 Å². The molecule has 5 heteroatoms. The lowest BCUT2D eigenvalue weighted by molar-refractivity contribution is 0.586. The van der Waals surface area contributed by atoms with E-state index in [1.807, 2.05) is 6.92 Å². The zero-order chi connectivity index (χ0) is 11.9. The van der Waals surface area contributed by atoms with Gasteiger partial charge in [-0.25, -0.2) is 13.8 Å². The Morgan fingerprint density at radius 2 is 2.00 bits per heavy atom. The molecule has 0 aliphatic carbocycles. The molecule has 0 amide bonds. The van der Waals surface area contributed by atoms with Crippen molar-refractivity contribution in [3.63, 3.8) is 0 Å². The van der Waals surface area contributed by atoms with Gasteiger partial charge in [-0.2, -0.15) is 0 Å². The number of hydrogen-bond acceptors (Lipinski definition) is 1. The summed E-state index contributed by atoms with van der Waals surface area (Å²) in [6.45, 7) is 1.89. The molecule has 0 saturated heterocycles. The van der Waals surface area contributed by atoms with E-state index in [9.17, 15) is 8.78 Å². The smallest absolute Gasteiger partial charge is 0.152 e. The van der Waals surface area contributed by atoms with E-state index in [4.69, 9.17) is 11.6 Å². The highest BCUT2D eigenvalue weighted by Crippen LogP contribution is 2.33. The lowest BCUT2D eigenvalue weighted by atomic mass is 10.1. The van der Waals surface area contributed by atoms with Crippen LogP contribution in [0, 0.1) is 11.6 Å². The van der Waals surface area contributed by atoms with E-state index in [2.05, 4.69) is 20.9 Å². The predicted molar refractivity (Wildman–Crippen MR) is 63.7 cm³/mol.